The first kappa shape index (κ1) is 14.0. The van der Waals surface area contributed by atoms with Gasteiger partial charge in [0.2, 0.25) is 11.8 Å². The van der Waals surface area contributed by atoms with Crippen LogP contribution in [0.15, 0.2) is 0 Å². The molecule has 0 saturated carbocycles. The molecule has 1 aliphatic heterocycles. The Hall–Kier alpha value is -1.10. The van der Waals surface area contributed by atoms with Gasteiger partial charge in [0.25, 0.3) is 0 Å². The molecule has 0 aromatic heterocycles. The molecule has 3 N–H and O–H groups in total. The fourth-order valence-electron chi connectivity index (χ4n) is 2.34. The second-order valence-corrected chi connectivity index (χ2v) is 4.54. The summed E-state index contributed by atoms with van der Waals surface area (Å²) in [7, 11) is 1.60. The molecule has 17 heavy (non-hydrogen) atoms. The molecule has 1 unspecified atom stereocenters. The van der Waals surface area contributed by atoms with Crippen molar-refractivity contribution >= 4 is 11.8 Å². The topological polar surface area (TPSA) is 70.2 Å². The Morgan fingerprint density at radius 2 is 2.18 bits per heavy atom. The van der Waals surface area contributed by atoms with Gasteiger partial charge in [-0.05, 0) is 25.8 Å². The van der Waals surface area contributed by atoms with Crippen molar-refractivity contribution in [3.63, 3.8) is 0 Å². The molecule has 1 atom stereocenters. The highest BCUT2D eigenvalue weighted by atomic mass is 16.2. The van der Waals surface area contributed by atoms with Gasteiger partial charge in [-0.1, -0.05) is 13.3 Å². The molecule has 1 heterocycles. The molecule has 1 aliphatic rings. The Bertz CT molecular complexity index is 273. The van der Waals surface area contributed by atoms with E-state index >= 15 is 0 Å². The normalized spacial score (nSPS) is 23.4. The number of hydrogen-bond acceptors (Lipinski definition) is 3. The lowest BCUT2D eigenvalue weighted by Crippen LogP contribution is -2.53. The Kier molecular flexibility index (Phi) is 5.41. The van der Waals surface area contributed by atoms with E-state index < -0.39 is 5.54 Å². The van der Waals surface area contributed by atoms with Gasteiger partial charge in [0.1, 0.15) is 0 Å². The van der Waals surface area contributed by atoms with Gasteiger partial charge in [-0.15, -0.1) is 0 Å². The minimum Gasteiger partial charge on any atom is -0.359 e. The number of amides is 2. The zero-order chi connectivity index (χ0) is 12.7. The summed E-state index contributed by atoms with van der Waals surface area (Å²) in [6.07, 6.45) is 4.12. The lowest BCUT2D eigenvalue weighted by atomic mass is 9.91. The molecule has 1 rings (SSSR count). The van der Waals surface area contributed by atoms with E-state index in [2.05, 4.69) is 22.9 Å². The molecular formula is C12H23N3O2. The SMILES string of the molecule is CCCC1(C(=O)NCCC(=O)NC)CCCN1. The van der Waals surface area contributed by atoms with Gasteiger partial charge in [0, 0.05) is 20.0 Å². The molecule has 0 aromatic carbocycles. The molecule has 0 bridgehead atoms. The quantitative estimate of drug-likeness (QED) is 0.620. The van der Waals surface area contributed by atoms with Crippen LogP contribution in [0.25, 0.3) is 0 Å². The zero-order valence-electron chi connectivity index (χ0n) is 10.8. The van der Waals surface area contributed by atoms with Crippen LogP contribution in [-0.2, 0) is 9.59 Å². The minimum absolute atomic E-state index is 0.0424. The Labute approximate surface area is 103 Å². The zero-order valence-corrected chi connectivity index (χ0v) is 10.8. The monoisotopic (exact) mass is 241 g/mol. The van der Waals surface area contributed by atoms with Gasteiger partial charge in [-0.2, -0.15) is 0 Å². The molecule has 1 saturated heterocycles. The van der Waals surface area contributed by atoms with Crippen LogP contribution >= 0.6 is 0 Å². The maximum absolute atomic E-state index is 12.1. The van der Waals surface area contributed by atoms with Crippen LogP contribution < -0.4 is 16.0 Å². The molecule has 98 valence electrons. The maximum Gasteiger partial charge on any atom is 0.240 e. The van der Waals surface area contributed by atoms with Crippen molar-refractivity contribution in [3.8, 4) is 0 Å². The summed E-state index contributed by atoms with van der Waals surface area (Å²) in [6, 6.07) is 0. The van der Waals surface area contributed by atoms with E-state index in [9.17, 15) is 9.59 Å². The van der Waals surface area contributed by atoms with Gasteiger partial charge in [-0.3, -0.25) is 9.59 Å². The third-order valence-electron chi connectivity index (χ3n) is 3.27. The molecule has 0 aromatic rings. The molecule has 5 heteroatoms. The van der Waals surface area contributed by atoms with E-state index in [0.717, 1.165) is 32.2 Å². The van der Waals surface area contributed by atoms with E-state index in [1.54, 1.807) is 7.05 Å². The van der Waals surface area contributed by atoms with Crippen molar-refractivity contribution in [2.24, 2.45) is 0 Å². The van der Waals surface area contributed by atoms with Crippen molar-refractivity contribution in [2.75, 3.05) is 20.1 Å². The largest absolute Gasteiger partial charge is 0.359 e. The standard InChI is InChI=1S/C12H23N3O2/c1-3-6-12(7-4-8-15-12)11(17)14-9-5-10(16)13-2/h15H,3-9H2,1-2H3,(H,13,16)(H,14,17). The Morgan fingerprint density at radius 3 is 2.71 bits per heavy atom. The van der Waals surface area contributed by atoms with E-state index in [4.69, 9.17) is 0 Å². The highest BCUT2D eigenvalue weighted by molar-refractivity contribution is 5.87. The molecule has 0 radical (unpaired) electrons. The number of nitrogens with one attached hydrogen (secondary N) is 3. The number of carbonyl (C=O) groups excluding carboxylic acids is 2. The van der Waals surface area contributed by atoms with Crippen LogP contribution in [0.2, 0.25) is 0 Å². The summed E-state index contributed by atoms with van der Waals surface area (Å²) < 4.78 is 0. The predicted octanol–water partition coefficient (Wildman–Crippen LogP) is 0.161. The van der Waals surface area contributed by atoms with Crippen LogP contribution in [0, 0.1) is 0 Å². The van der Waals surface area contributed by atoms with Crippen molar-refractivity contribution < 1.29 is 9.59 Å². The average Bonchev–Trinajstić information content (AvgIpc) is 2.79. The fraction of sp³-hybridized carbons (Fsp3) is 0.833. The van der Waals surface area contributed by atoms with Crippen LogP contribution in [0.4, 0.5) is 0 Å². The second kappa shape index (κ2) is 6.59. The molecule has 2 amide bonds. The third kappa shape index (κ3) is 3.70. The molecule has 1 fully saturated rings. The summed E-state index contributed by atoms with van der Waals surface area (Å²) >= 11 is 0. The summed E-state index contributed by atoms with van der Waals surface area (Å²) in [5, 5.41) is 8.70. The van der Waals surface area contributed by atoms with Crippen LogP contribution in [0.5, 0.6) is 0 Å². The number of hydrogen-bond donors (Lipinski definition) is 3. The lowest BCUT2D eigenvalue weighted by molar-refractivity contribution is -0.127. The average molecular weight is 241 g/mol. The van der Waals surface area contributed by atoms with Crippen molar-refractivity contribution in [2.45, 2.75) is 44.6 Å². The van der Waals surface area contributed by atoms with E-state index in [0.29, 0.717) is 13.0 Å². The maximum atomic E-state index is 12.1. The van der Waals surface area contributed by atoms with Crippen molar-refractivity contribution in [3.05, 3.63) is 0 Å². The van der Waals surface area contributed by atoms with E-state index in [-0.39, 0.29) is 11.8 Å². The first-order valence-corrected chi connectivity index (χ1v) is 6.38. The summed E-state index contributed by atoms with van der Waals surface area (Å²) in [6.45, 7) is 3.40. The van der Waals surface area contributed by atoms with Gasteiger partial charge >= 0.3 is 0 Å². The van der Waals surface area contributed by atoms with Gasteiger partial charge < -0.3 is 16.0 Å². The van der Waals surface area contributed by atoms with Gasteiger partial charge in [-0.25, -0.2) is 0 Å². The summed E-state index contributed by atoms with van der Waals surface area (Å²) in [5.74, 6) is -0.00465. The molecule has 5 nitrogen and oxygen atoms in total. The molecule has 0 spiro atoms. The fourth-order valence-corrected chi connectivity index (χ4v) is 2.34. The minimum atomic E-state index is -0.391. The number of rotatable bonds is 6. The van der Waals surface area contributed by atoms with Crippen molar-refractivity contribution in [1.82, 2.24) is 16.0 Å². The highest BCUT2D eigenvalue weighted by Crippen LogP contribution is 2.24. The van der Waals surface area contributed by atoms with Crippen LogP contribution in [-0.4, -0.2) is 37.5 Å². The van der Waals surface area contributed by atoms with Crippen LogP contribution in [0.3, 0.4) is 0 Å². The molecular weight excluding hydrogens is 218 g/mol. The van der Waals surface area contributed by atoms with Gasteiger partial charge in [0.15, 0.2) is 0 Å². The first-order chi connectivity index (χ1) is 8.14. The Morgan fingerprint density at radius 1 is 1.41 bits per heavy atom. The highest BCUT2D eigenvalue weighted by Gasteiger charge is 2.39. The summed E-state index contributed by atoms with van der Waals surface area (Å²) in [5.41, 5.74) is -0.391. The third-order valence-corrected chi connectivity index (χ3v) is 3.27. The van der Waals surface area contributed by atoms with Crippen LogP contribution in [0.1, 0.15) is 39.0 Å². The van der Waals surface area contributed by atoms with E-state index in [1.165, 1.54) is 0 Å². The predicted molar refractivity (Wildman–Crippen MR) is 66.6 cm³/mol. The number of carbonyl (C=O) groups is 2. The molecule has 0 aliphatic carbocycles. The Balaban J connectivity index is 2.41. The summed E-state index contributed by atoms with van der Waals surface area (Å²) in [4.78, 5) is 23.2. The van der Waals surface area contributed by atoms with Crippen molar-refractivity contribution in [1.29, 1.82) is 0 Å². The van der Waals surface area contributed by atoms with E-state index in [1.807, 2.05) is 0 Å². The second-order valence-electron chi connectivity index (χ2n) is 4.54. The smallest absolute Gasteiger partial charge is 0.240 e. The van der Waals surface area contributed by atoms with Gasteiger partial charge in [0.05, 0.1) is 5.54 Å². The first-order valence-electron chi connectivity index (χ1n) is 6.38. The lowest BCUT2D eigenvalue weighted by Gasteiger charge is -2.27.